The second-order valence-electron chi connectivity index (χ2n) is 5.83. The SMILES string of the molecule is CCOC(=O)/C=C/c1cc(=O)n(CC2OCCO2)c2cc(C)ccc12. The lowest BCUT2D eigenvalue weighted by Crippen LogP contribution is -2.27. The molecule has 0 saturated carbocycles. The molecule has 1 aliphatic rings. The van der Waals surface area contributed by atoms with E-state index in [4.69, 9.17) is 14.2 Å². The van der Waals surface area contributed by atoms with Gasteiger partial charge in [0.2, 0.25) is 0 Å². The zero-order valence-corrected chi connectivity index (χ0v) is 14.4. The summed E-state index contributed by atoms with van der Waals surface area (Å²) in [5, 5.41) is 0.878. The zero-order chi connectivity index (χ0) is 17.8. The third kappa shape index (κ3) is 3.97. The third-order valence-electron chi connectivity index (χ3n) is 4.01. The molecule has 1 aliphatic heterocycles. The highest BCUT2D eigenvalue weighted by atomic mass is 16.7. The van der Waals surface area contributed by atoms with Crippen LogP contribution in [0.15, 0.2) is 35.1 Å². The highest BCUT2D eigenvalue weighted by Gasteiger charge is 2.19. The maximum atomic E-state index is 12.6. The Bertz CT molecular complexity index is 862. The highest BCUT2D eigenvalue weighted by molar-refractivity contribution is 5.93. The van der Waals surface area contributed by atoms with Crippen molar-refractivity contribution < 1.29 is 19.0 Å². The molecule has 1 fully saturated rings. The van der Waals surface area contributed by atoms with Crippen LogP contribution in [0.1, 0.15) is 18.1 Å². The summed E-state index contributed by atoms with van der Waals surface area (Å²) in [7, 11) is 0. The van der Waals surface area contributed by atoms with Gasteiger partial charge in [-0.2, -0.15) is 0 Å². The van der Waals surface area contributed by atoms with E-state index in [0.29, 0.717) is 31.9 Å². The number of aryl methyl sites for hydroxylation is 1. The number of fused-ring (bicyclic) bond motifs is 1. The summed E-state index contributed by atoms with van der Waals surface area (Å²) >= 11 is 0. The van der Waals surface area contributed by atoms with Crippen molar-refractivity contribution in [1.29, 1.82) is 0 Å². The van der Waals surface area contributed by atoms with E-state index in [-0.39, 0.29) is 5.56 Å². The van der Waals surface area contributed by atoms with Gasteiger partial charge in [0.05, 0.1) is 31.9 Å². The van der Waals surface area contributed by atoms with Crippen LogP contribution in [0, 0.1) is 6.92 Å². The first kappa shape index (κ1) is 17.4. The fraction of sp³-hybridized carbons (Fsp3) is 0.368. The Balaban J connectivity index is 2.05. The molecule has 0 N–H and O–H groups in total. The van der Waals surface area contributed by atoms with E-state index >= 15 is 0 Å². The summed E-state index contributed by atoms with van der Waals surface area (Å²) < 4.78 is 17.5. The maximum absolute atomic E-state index is 12.6. The lowest BCUT2D eigenvalue weighted by Gasteiger charge is -2.16. The molecule has 1 aromatic carbocycles. The minimum absolute atomic E-state index is 0.166. The lowest BCUT2D eigenvalue weighted by molar-refractivity contribution is -0.137. The van der Waals surface area contributed by atoms with Gasteiger partial charge in [-0.3, -0.25) is 4.79 Å². The van der Waals surface area contributed by atoms with Gasteiger partial charge >= 0.3 is 5.97 Å². The lowest BCUT2D eigenvalue weighted by atomic mass is 10.1. The van der Waals surface area contributed by atoms with Crippen LogP contribution >= 0.6 is 0 Å². The Morgan fingerprint density at radius 3 is 2.80 bits per heavy atom. The van der Waals surface area contributed by atoms with E-state index in [2.05, 4.69) is 0 Å². The molecule has 0 bridgehead atoms. The van der Waals surface area contributed by atoms with E-state index in [1.807, 2.05) is 25.1 Å². The van der Waals surface area contributed by atoms with Crippen molar-refractivity contribution >= 4 is 22.9 Å². The average Bonchev–Trinajstić information content (AvgIpc) is 3.09. The molecule has 6 heteroatoms. The quantitative estimate of drug-likeness (QED) is 0.615. The van der Waals surface area contributed by atoms with Gasteiger partial charge in [0.1, 0.15) is 0 Å². The van der Waals surface area contributed by atoms with Crippen molar-refractivity contribution in [1.82, 2.24) is 4.57 Å². The molecular formula is C19H21NO5. The number of benzene rings is 1. The fourth-order valence-corrected chi connectivity index (χ4v) is 2.85. The number of ether oxygens (including phenoxy) is 3. The van der Waals surface area contributed by atoms with Gasteiger partial charge in [-0.25, -0.2) is 4.79 Å². The topological polar surface area (TPSA) is 66.8 Å². The number of carbonyl (C=O) groups excluding carboxylic acids is 1. The fourth-order valence-electron chi connectivity index (χ4n) is 2.85. The molecule has 0 unspecified atom stereocenters. The van der Waals surface area contributed by atoms with Gasteiger partial charge < -0.3 is 18.8 Å². The molecule has 2 heterocycles. The number of hydrogen-bond acceptors (Lipinski definition) is 5. The Hall–Kier alpha value is -2.44. The maximum Gasteiger partial charge on any atom is 0.330 e. The molecule has 2 aromatic rings. The predicted molar refractivity (Wildman–Crippen MR) is 94.3 cm³/mol. The number of pyridine rings is 1. The first-order valence-electron chi connectivity index (χ1n) is 8.30. The predicted octanol–water partition coefficient (Wildman–Crippen LogP) is 2.26. The molecule has 25 heavy (non-hydrogen) atoms. The van der Waals surface area contributed by atoms with Crippen molar-refractivity contribution in [3.63, 3.8) is 0 Å². The van der Waals surface area contributed by atoms with Gasteiger partial charge in [-0.05, 0) is 37.1 Å². The average molecular weight is 343 g/mol. The molecule has 0 radical (unpaired) electrons. The zero-order valence-electron chi connectivity index (χ0n) is 14.4. The van der Waals surface area contributed by atoms with E-state index < -0.39 is 12.3 Å². The van der Waals surface area contributed by atoms with Crippen LogP contribution in [-0.4, -0.2) is 36.6 Å². The molecule has 132 valence electrons. The largest absolute Gasteiger partial charge is 0.463 e. The summed E-state index contributed by atoms with van der Waals surface area (Å²) in [6.07, 6.45) is 2.54. The number of nitrogens with zero attached hydrogens (tertiary/aromatic N) is 1. The second kappa shape index (κ2) is 7.63. The van der Waals surface area contributed by atoms with E-state index in [1.54, 1.807) is 17.6 Å². The molecule has 0 atom stereocenters. The van der Waals surface area contributed by atoms with Crippen molar-refractivity contribution in [2.24, 2.45) is 0 Å². The Labute approximate surface area is 145 Å². The van der Waals surface area contributed by atoms with Crippen LogP contribution in [0.2, 0.25) is 0 Å². The number of aromatic nitrogens is 1. The normalized spacial score (nSPS) is 15.3. The number of rotatable bonds is 5. The number of hydrogen-bond donors (Lipinski definition) is 0. The molecular weight excluding hydrogens is 322 g/mol. The van der Waals surface area contributed by atoms with E-state index in [1.165, 1.54) is 12.1 Å². The summed E-state index contributed by atoms with van der Waals surface area (Å²) in [4.78, 5) is 24.2. The minimum Gasteiger partial charge on any atom is -0.463 e. The van der Waals surface area contributed by atoms with Gasteiger partial charge in [0.15, 0.2) is 6.29 Å². The first-order chi connectivity index (χ1) is 12.1. The van der Waals surface area contributed by atoms with Crippen LogP contribution < -0.4 is 5.56 Å². The van der Waals surface area contributed by atoms with Crippen LogP contribution in [-0.2, 0) is 25.5 Å². The standard InChI is InChI=1S/C19H21NO5/c1-3-23-18(22)7-5-14-11-17(21)20(12-19-24-8-9-25-19)16-10-13(2)4-6-15(14)16/h4-7,10-11,19H,3,8-9,12H2,1-2H3/b7-5+. The Morgan fingerprint density at radius 2 is 2.08 bits per heavy atom. The Morgan fingerprint density at radius 1 is 1.32 bits per heavy atom. The smallest absolute Gasteiger partial charge is 0.330 e. The van der Waals surface area contributed by atoms with Gasteiger partial charge in [-0.15, -0.1) is 0 Å². The summed E-state index contributed by atoms with van der Waals surface area (Å²) in [6.45, 7) is 5.44. The molecule has 6 nitrogen and oxygen atoms in total. The van der Waals surface area contributed by atoms with Crippen LogP contribution in [0.5, 0.6) is 0 Å². The molecule has 3 rings (SSSR count). The van der Waals surface area contributed by atoms with E-state index in [0.717, 1.165) is 16.5 Å². The van der Waals surface area contributed by atoms with Crippen molar-refractivity contribution in [2.45, 2.75) is 26.7 Å². The van der Waals surface area contributed by atoms with Crippen LogP contribution in [0.3, 0.4) is 0 Å². The molecule has 1 saturated heterocycles. The second-order valence-corrected chi connectivity index (χ2v) is 5.83. The van der Waals surface area contributed by atoms with Gasteiger partial charge in [-0.1, -0.05) is 12.1 Å². The van der Waals surface area contributed by atoms with Crippen LogP contribution in [0.4, 0.5) is 0 Å². The molecule has 1 aromatic heterocycles. The summed E-state index contributed by atoms with van der Waals surface area (Å²) in [5.74, 6) is -0.431. The number of esters is 1. The number of carbonyl (C=O) groups is 1. The highest BCUT2D eigenvalue weighted by Crippen LogP contribution is 2.21. The van der Waals surface area contributed by atoms with Crippen molar-refractivity contribution in [3.05, 3.63) is 51.8 Å². The Kier molecular flexibility index (Phi) is 5.31. The van der Waals surface area contributed by atoms with Gasteiger partial charge in [0, 0.05) is 17.5 Å². The van der Waals surface area contributed by atoms with Crippen molar-refractivity contribution in [2.75, 3.05) is 19.8 Å². The van der Waals surface area contributed by atoms with Crippen LogP contribution in [0.25, 0.3) is 17.0 Å². The molecule has 0 aliphatic carbocycles. The molecule has 0 amide bonds. The molecule has 0 spiro atoms. The van der Waals surface area contributed by atoms with Crippen molar-refractivity contribution in [3.8, 4) is 0 Å². The summed E-state index contributed by atoms with van der Waals surface area (Å²) in [6, 6.07) is 7.39. The van der Waals surface area contributed by atoms with E-state index in [9.17, 15) is 9.59 Å². The first-order valence-corrected chi connectivity index (χ1v) is 8.30. The monoisotopic (exact) mass is 343 g/mol. The van der Waals surface area contributed by atoms with Gasteiger partial charge in [0.25, 0.3) is 5.56 Å². The summed E-state index contributed by atoms with van der Waals surface area (Å²) in [5.41, 5.74) is 2.34. The third-order valence-corrected chi connectivity index (χ3v) is 4.01. The minimum atomic E-state index is -0.431.